The molecule has 76 valence electrons. The maximum atomic E-state index is 13.4. The maximum absolute atomic E-state index is 13.4. The summed E-state index contributed by atoms with van der Waals surface area (Å²) in [5, 5.41) is 9.46. The lowest BCUT2D eigenvalue weighted by Gasteiger charge is -2.06. The molecule has 0 atom stereocenters. The molecule has 0 saturated heterocycles. The SMILES string of the molecule is Oc1cccc(F)c1-c1ccccc1F. The highest BCUT2D eigenvalue weighted by molar-refractivity contribution is 5.71. The molecule has 3 heteroatoms. The molecule has 2 rings (SSSR count). The second-order valence-corrected chi connectivity index (χ2v) is 3.11. The summed E-state index contributed by atoms with van der Waals surface area (Å²) in [5.74, 6) is -1.46. The predicted molar refractivity (Wildman–Crippen MR) is 53.5 cm³/mol. The molecule has 2 aromatic rings. The standard InChI is InChI=1S/C12H8F2O/c13-9-5-2-1-4-8(9)12-10(14)6-3-7-11(12)15/h1-7,15H. The van der Waals surface area contributed by atoms with Crippen LogP contribution in [0, 0.1) is 11.6 Å². The average Bonchev–Trinajstić information content (AvgIpc) is 2.20. The van der Waals surface area contributed by atoms with Gasteiger partial charge in [-0.05, 0) is 18.2 Å². The van der Waals surface area contributed by atoms with Crippen molar-refractivity contribution in [3.63, 3.8) is 0 Å². The molecule has 0 amide bonds. The normalized spacial score (nSPS) is 10.3. The Bertz CT molecular complexity index is 474. The van der Waals surface area contributed by atoms with E-state index in [4.69, 9.17) is 0 Å². The van der Waals surface area contributed by atoms with E-state index in [1.54, 1.807) is 6.07 Å². The number of benzene rings is 2. The van der Waals surface area contributed by atoms with Crippen LogP contribution in [0.3, 0.4) is 0 Å². The average molecular weight is 206 g/mol. The highest BCUT2D eigenvalue weighted by atomic mass is 19.1. The van der Waals surface area contributed by atoms with Crippen LogP contribution in [0.2, 0.25) is 0 Å². The highest BCUT2D eigenvalue weighted by Gasteiger charge is 2.13. The molecule has 0 aliphatic carbocycles. The fraction of sp³-hybridized carbons (Fsp3) is 0. The molecule has 0 unspecified atom stereocenters. The zero-order valence-electron chi connectivity index (χ0n) is 7.74. The van der Waals surface area contributed by atoms with Gasteiger partial charge in [0.2, 0.25) is 0 Å². The van der Waals surface area contributed by atoms with Gasteiger partial charge >= 0.3 is 0 Å². The van der Waals surface area contributed by atoms with Gasteiger partial charge in [-0.15, -0.1) is 0 Å². The minimum atomic E-state index is -0.639. The molecular weight excluding hydrogens is 198 g/mol. The zero-order valence-corrected chi connectivity index (χ0v) is 7.74. The lowest BCUT2D eigenvalue weighted by molar-refractivity contribution is 0.471. The highest BCUT2D eigenvalue weighted by Crippen LogP contribution is 2.32. The van der Waals surface area contributed by atoms with Gasteiger partial charge in [0.1, 0.15) is 17.4 Å². The van der Waals surface area contributed by atoms with Gasteiger partial charge in [0, 0.05) is 5.56 Å². The lowest BCUT2D eigenvalue weighted by atomic mass is 10.0. The first kappa shape index (κ1) is 9.65. The van der Waals surface area contributed by atoms with Crippen molar-refractivity contribution in [2.75, 3.05) is 0 Å². The van der Waals surface area contributed by atoms with Gasteiger partial charge in [-0.2, -0.15) is 0 Å². The first-order valence-electron chi connectivity index (χ1n) is 4.42. The molecule has 2 aromatic carbocycles. The van der Waals surface area contributed by atoms with Gasteiger partial charge in [0.15, 0.2) is 0 Å². The maximum Gasteiger partial charge on any atom is 0.134 e. The first-order chi connectivity index (χ1) is 7.20. The van der Waals surface area contributed by atoms with E-state index in [-0.39, 0.29) is 16.9 Å². The van der Waals surface area contributed by atoms with Crippen molar-refractivity contribution in [1.29, 1.82) is 0 Å². The second kappa shape index (κ2) is 3.69. The fourth-order valence-corrected chi connectivity index (χ4v) is 1.44. The number of hydrogen-bond acceptors (Lipinski definition) is 1. The Kier molecular flexibility index (Phi) is 2.37. The zero-order chi connectivity index (χ0) is 10.8. The van der Waals surface area contributed by atoms with Gasteiger partial charge in [0.05, 0.1) is 5.56 Å². The van der Waals surface area contributed by atoms with Crippen LogP contribution in [-0.2, 0) is 0 Å². The predicted octanol–water partition coefficient (Wildman–Crippen LogP) is 3.34. The van der Waals surface area contributed by atoms with Crippen molar-refractivity contribution in [2.45, 2.75) is 0 Å². The Morgan fingerprint density at radius 1 is 0.800 bits per heavy atom. The largest absolute Gasteiger partial charge is 0.507 e. The topological polar surface area (TPSA) is 20.2 Å². The summed E-state index contributed by atoms with van der Waals surface area (Å²) in [5.41, 5.74) is -0.0382. The van der Waals surface area contributed by atoms with Crippen molar-refractivity contribution in [2.24, 2.45) is 0 Å². The number of halogens is 2. The number of phenolic OH excluding ortho intramolecular Hbond substituents is 1. The van der Waals surface area contributed by atoms with Gasteiger partial charge < -0.3 is 5.11 Å². The van der Waals surface area contributed by atoms with E-state index in [9.17, 15) is 13.9 Å². The van der Waals surface area contributed by atoms with E-state index in [0.717, 1.165) is 0 Å². The van der Waals surface area contributed by atoms with E-state index in [1.165, 1.54) is 36.4 Å². The molecule has 0 heterocycles. The van der Waals surface area contributed by atoms with E-state index < -0.39 is 11.6 Å². The molecule has 15 heavy (non-hydrogen) atoms. The van der Waals surface area contributed by atoms with Crippen LogP contribution in [-0.4, -0.2) is 5.11 Å². The molecule has 0 saturated carbocycles. The second-order valence-electron chi connectivity index (χ2n) is 3.11. The Balaban J connectivity index is 2.69. The summed E-state index contributed by atoms with van der Waals surface area (Å²) in [7, 11) is 0. The van der Waals surface area contributed by atoms with Crippen molar-refractivity contribution >= 4 is 0 Å². The number of phenols is 1. The minimum absolute atomic E-state index is 0.0631. The van der Waals surface area contributed by atoms with Gasteiger partial charge in [-0.3, -0.25) is 0 Å². The summed E-state index contributed by atoms with van der Waals surface area (Å²) in [6.07, 6.45) is 0. The molecule has 0 aliphatic heterocycles. The Hall–Kier alpha value is -1.90. The van der Waals surface area contributed by atoms with Crippen LogP contribution < -0.4 is 0 Å². The molecular formula is C12H8F2O. The summed E-state index contributed by atoms with van der Waals surface area (Å²) < 4.78 is 26.7. The lowest BCUT2D eigenvalue weighted by Crippen LogP contribution is -1.88. The molecule has 1 N–H and O–H groups in total. The quantitative estimate of drug-likeness (QED) is 0.758. The van der Waals surface area contributed by atoms with Crippen molar-refractivity contribution in [1.82, 2.24) is 0 Å². The Labute approximate surface area is 85.6 Å². The molecule has 0 bridgehead atoms. The van der Waals surface area contributed by atoms with Crippen molar-refractivity contribution in [3.8, 4) is 16.9 Å². The third-order valence-electron chi connectivity index (χ3n) is 2.13. The van der Waals surface area contributed by atoms with E-state index in [0.29, 0.717) is 0 Å². The minimum Gasteiger partial charge on any atom is -0.507 e. The summed E-state index contributed by atoms with van der Waals surface area (Å²) in [6.45, 7) is 0. The number of rotatable bonds is 1. The van der Waals surface area contributed by atoms with Crippen LogP contribution in [0.1, 0.15) is 0 Å². The summed E-state index contributed by atoms with van der Waals surface area (Å²) in [6, 6.07) is 9.62. The summed E-state index contributed by atoms with van der Waals surface area (Å²) >= 11 is 0. The Morgan fingerprint density at radius 2 is 1.47 bits per heavy atom. The van der Waals surface area contributed by atoms with Crippen molar-refractivity contribution in [3.05, 3.63) is 54.1 Å². The molecule has 0 aliphatic rings. The van der Waals surface area contributed by atoms with Crippen molar-refractivity contribution < 1.29 is 13.9 Å². The smallest absolute Gasteiger partial charge is 0.134 e. The number of aromatic hydroxyl groups is 1. The molecule has 0 fully saturated rings. The van der Waals surface area contributed by atoms with Gasteiger partial charge in [-0.1, -0.05) is 24.3 Å². The van der Waals surface area contributed by atoms with E-state index in [2.05, 4.69) is 0 Å². The fourth-order valence-electron chi connectivity index (χ4n) is 1.44. The van der Waals surface area contributed by atoms with E-state index >= 15 is 0 Å². The van der Waals surface area contributed by atoms with Crippen LogP contribution in [0.5, 0.6) is 5.75 Å². The third-order valence-corrected chi connectivity index (χ3v) is 2.13. The van der Waals surface area contributed by atoms with Gasteiger partial charge in [0.25, 0.3) is 0 Å². The monoisotopic (exact) mass is 206 g/mol. The molecule has 0 radical (unpaired) electrons. The van der Waals surface area contributed by atoms with E-state index in [1.807, 2.05) is 0 Å². The molecule has 0 spiro atoms. The van der Waals surface area contributed by atoms with Gasteiger partial charge in [-0.25, -0.2) is 8.78 Å². The van der Waals surface area contributed by atoms with Crippen LogP contribution in [0.4, 0.5) is 8.78 Å². The summed E-state index contributed by atoms with van der Waals surface area (Å²) in [4.78, 5) is 0. The van der Waals surface area contributed by atoms with Crippen LogP contribution in [0.25, 0.3) is 11.1 Å². The first-order valence-corrected chi connectivity index (χ1v) is 4.42. The molecule has 0 aromatic heterocycles. The number of hydrogen-bond donors (Lipinski definition) is 1. The van der Waals surface area contributed by atoms with Crippen LogP contribution >= 0.6 is 0 Å². The third kappa shape index (κ3) is 1.68. The Morgan fingerprint density at radius 3 is 2.13 bits per heavy atom. The van der Waals surface area contributed by atoms with Crippen LogP contribution in [0.15, 0.2) is 42.5 Å². The molecule has 1 nitrogen and oxygen atoms in total.